The Hall–Kier alpha value is -0.960. The molecule has 114 valence electrons. The lowest BCUT2D eigenvalue weighted by Gasteiger charge is -2.20. The molecule has 0 aliphatic carbocycles. The van der Waals surface area contributed by atoms with Crippen LogP contribution in [0.3, 0.4) is 0 Å². The molecule has 0 aromatic carbocycles. The number of hydrogen-bond donors (Lipinski definition) is 0. The minimum absolute atomic E-state index is 0.368. The van der Waals surface area contributed by atoms with E-state index in [0.29, 0.717) is 0 Å². The van der Waals surface area contributed by atoms with Crippen molar-refractivity contribution in [2.75, 3.05) is 5.75 Å². The van der Waals surface area contributed by atoms with Crippen LogP contribution in [0.2, 0.25) is 5.15 Å². The number of pyridine rings is 1. The number of nitrogens with zero attached hydrogens (tertiary/aromatic N) is 1. The van der Waals surface area contributed by atoms with Gasteiger partial charge in [-0.1, -0.05) is 18.5 Å². The number of sulfone groups is 1. The van der Waals surface area contributed by atoms with E-state index in [-0.39, 0.29) is 5.15 Å². The monoisotopic (exact) mass is 337 g/mol. The molecule has 0 aliphatic rings. The highest BCUT2D eigenvalue weighted by Crippen LogP contribution is 2.38. The molecule has 1 aromatic rings. The minimum Gasteiger partial charge on any atom is -0.240 e. The Morgan fingerprint density at radius 1 is 1.20 bits per heavy atom. The van der Waals surface area contributed by atoms with Crippen molar-refractivity contribution >= 4 is 21.4 Å². The van der Waals surface area contributed by atoms with E-state index in [1.54, 1.807) is 0 Å². The van der Waals surface area contributed by atoms with E-state index in [1.165, 1.54) is 6.92 Å². The molecule has 0 bridgehead atoms. The maximum Gasteiger partial charge on any atom is 0.453 e. The summed E-state index contributed by atoms with van der Waals surface area (Å²) in [7, 11) is -3.99. The Morgan fingerprint density at radius 2 is 1.75 bits per heavy atom. The zero-order valence-electron chi connectivity index (χ0n) is 10.0. The average molecular weight is 338 g/mol. The molecule has 0 atom stereocenters. The third-order valence-corrected chi connectivity index (χ3v) is 4.43. The van der Waals surface area contributed by atoms with Crippen molar-refractivity contribution in [2.45, 2.75) is 30.3 Å². The lowest BCUT2D eigenvalue weighted by atomic mass is 10.1. The Kier molecular flexibility index (Phi) is 4.65. The van der Waals surface area contributed by atoms with E-state index in [0.717, 1.165) is 12.1 Å². The molecule has 0 aliphatic heterocycles. The van der Waals surface area contributed by atoms with Crippen LogP contribution >= 0.6 is 11.6 Å². The highest BCUT2D eigenvalue weighted by Gasteiger charge is 2.57. The molecule has 0 saturated heterocycles. The van der Waals surface area contributed by atoms with Crippen LogP contribution in [0.1, 0.15) is 12.6 Å². The number of hydrogen-bond acceptors (Lipinski definition) is 3. The van der Waals surface area contributed by atoms with Crippen molar-refractivity contribution < 1.29 is 30.4 Å². The number of halogens is 6. The van der Waals surface area contributed by atoms with E-state index in [4.69, 9.17) is 11.6 Å². The predicted molar refractivity (Wildman–Crippen MR) is 61.7 cm³/mol. The molecule has 0 fully saturated rings. The van der Waals surface area contributed by atoms with Gasteiger partial charge in [0.2, 0.25) is 0 Å². The van der Waals surface area contributed by atoms with Crippen LogP contribution in [0.5, 0.6) is 0 Å². The summed E-state index contributed by atoms with van der Waals surface area (Å²) in [5.74, 6) is -5.55. The third kappa shape index (κ3) is 3.57. The molecule has 0 spiro atoms. The summed E-state index contributed by atoms with van der Waals surface area (Å²) in [6.07, 6.45) is -7.68. The lowest BCUT2D eigenvalue weighted by molar-refractivity contribution is -0.281. The van der Waals surface area contributed by atoms with Gasteiger partial charge in [-0.25, -0.2) is 13.4 Å². The van der Waals surface area contributed by atoms with Crippen molar-refractivity contribution in [3.05, 3.63) is 23.0 Å². The Morgan fingerprint density at radius 3 is 2.20 bits per heavy atom. The second kappa shape index (κ2) is 5.44. The Balaban J connectivity index is 3.35. The molecule has 20 heavy (non-hydrogen) atoms. The molecule has 0 unspecified atom stereocenters. The molecule has 1 heterocycles. The summed E-state index contributed by atoms with van der Waals surface area (Å²) in [5.41, 5.74) is -0.901. The summed E-state index contributed by atoms with van der Waals surface area (Å²) in [5, 5.41) is -0.368. The predicted octanol–water partition coefficient (Wildman–Crippen LogP) is 3.27. The SMILES string of the molecule is CCS(=O)(=O)c1ccc(Cl)nc1CC(F)(F)C(F)(F)F. The van der Waals surface area contributed by atoms with Gasteiger partial charge in [-0.05, 0) is 12.1 Å². The van der Waals surface area contributed by atoms with Crippen LogP contribution in [0.15, 0.2) is 17.0 Å². The summed E-state index contributed by atoms with van der Waals surface area (Å²) in [4.78, 5) is 2.62. The van der Waals surface area contributed by atoms with Gasteiger partial charge in [0.05, 0.1) is 22.8 Å². The molecule has 0 radical (unpaired) electrons. The molecule has 10 heteroatoms. The maximum atomic E-state index is 13.0. The Bertz CT molecular complexity index is 600. The summed E-state index contributed by atoms with van der Waals surface area (Å²) in [6, 6.07) is 1.88. The van der Waals surface area contributed by atoms with Gasteiger partial charge in [-0.15, -0.1) is 0 Å². The summed E-state index contributed by atoms with van der Waals surface area (Å²) >= 11 is 5.42. The van der Waals surface area contributed by atoms with E-state index < -0.39 is 44.7 Å². The summed E-state index contributed by atoms with van der Waals surface area (Å²) in [6.45, 7) is 1.23. The van der Waals surface area contributed by atoms with Crippen molar-refractivity contribution in [1.82, 2.24) is 4.98 Å². The van der Waals surface area contributed by atoms with Crippen LogP contribution < -0.4 is 0 Å². The molecule has 0 amide bonds. The second-order valence-corrected chi connectivity index (χ2v) is 6.50. The van der Waals surface area contributed by atoms with Crippen molar-refractivity contribution in [3.8, 4) is 0 Å². The van der Waals surface area contributed by atoms with Crippen molar-refractivity contribution in [2.24, 2.45) is 0 Å². The molecule has 0 saturated carbocycles. The first-order valence-electron chi connectivity index (χ1n) is 5.23. The van der Waals surface area contributed by atoms with E-state index in [2.05, 4.69) is 4.98 Å². The molecule has 1 aromatic heterocycles. The highest BCUT2D eigenvalue weighted by atomic mass is 35.5. The van der Waals surface area contributed by atoms with Gasteiger partial charge in [-0.3, -0.25) is 0 Å². The third-order valence-electron chi connectivity index (χ3n) is 2.42. The lowest BCUT2D eigenvalue weighted by Crippen LogP contribution is -2.39. The second-order valence-electron chi connectivity index (χ2n) is 3.86. The van der Waals surface area contributed by atoms with E-state index in [1.807, 2.05) is 0 Å². The first kappa shape index (κ1) is 17.1. The normalized spacial score (nSPS) is 13.6. The Labute approximate surface area is 116 Å². The molecule has 3 nitrogen and oxygen atoms in total. The highest BCUT2D eigenvalue weighted by molar-refractivity contribution is 7.91. The standard InChI is InChI=1S/C10H9ClF5NO2S/c1-2-20(18,19)7-3-4-8(11)17-6(7)5-9(12,13)10(14,15)16/h3-4H,2,5H2,1H3. The fraction of sp³-hybridized carbons (Fsp3) is 0.500. The van der Waals surface area contributed by atoms with Gasteiger partial charge in [0.1, 0.15) is 5.15 Å². The quantitative estimate of drug-likeness (QED) is 0.626. The van der Waals surface area contributed by atoms with Gasteiger partial charge < -0.3 is 0 Å². The van der Waals surface area contributed by atoms with Crippen LogP contribution in [-0.4, -0.2) is 31.3 Å². The molecule has 0 N–H and O–H groups in total. The van der Waals surface area contributed by atoms with Crippen LogP contribution in [-0.2, 0) is 16.3 Å². The first-order valence-corrected chi connectivity index (χ1v) is 7.26. The number of aromatic nitrogens is 1. The fourth-order valence-corrected chi connectivity index (χ4v) is 2.57. The maximum absolute atomic E-state index is 13.0. The summed E-state index contributed by atoms with van der Waals surface area (Å²) < 4.78 is 85.9. The average Bonchev–Trinajstić information content (AvgIpc) is 2.26. The fourth-order valence-electron chi connectivity index (χ4n) is 1.34. The van der Waals surface area contributed by atoms with Gasteiger partial charge in [0.25, 0.3) is 0 Å². The van der Waals surface area contributed by atoms with E-state index >= 15 is 0 Å². The zero-order valence-corrected chi connectivity index (χ0v) is 11.6. The first-order chi connectivity index (χ1) is 8.90. The zero-order chi connectivity index (χ0) is 15.8. The van der Waals surface area contributed by atoms with E-state index in [9.17, 15) is 30.4 Å². The molecule has 1 rings (SSSR count). The van der Waals surface area contributed by atoms with Crippen LogP contribution in [0, 0.1) is 0 Å². The van der Waals surface area contributed by atoms with Crippen molar-refractivity contribution in [3.63, 3.8) is 0 Å². The smallest absolute Gasteiger partial charge is 0.240 e. The molecular formula is C10H9ClF5NO2S. The van der Waals surface area contributed by atoms with Crippen LogP contribution in [0.4, 0.5) is 22.0 Å². The van der Waals surface area contributed by atoms with Crippen LogP contribution in [0.25, 0.3) is 0 Å². The minimum atomic E-state index is -5.80. The van der Waals surface area contributed by atoms with Gasteiger partial charge in [0, 0.05) is 0 Å². The number of alkyl halides is 5. The van der Waals surface area contributed by atoms with Gasteiger partial charge >= 0.3 is 12.1 Å². The van der Waals surface area contributed by atoms with Crippen molar-refractivity contribution in [1.29, 1.82) is 0 Å². The number of rotatable bonds is 4. The molecular weight excluding hydrogens is 329 g/mol. The van der Waals surface area contributed by atoms with Gasteiger partial charge in [0.15, 0.2) is 9.84 Å². The topological polar surface area (TPSA) is 47.0 Å². The van der Waals surface area contributed by atoms with Gasteiger partial charge in [-0.2, -0.15) is 22.0 Å². The largest absolute Gasteiger partial charge is 0.453 e.